The van der Waals surface area contributed by atoms with Crippen molar-refractivity contribution in [3.05, 3.63) is 35.7 Å². The number of fused-ring (bicyclic) bond motifs is 4. The summed E-state index contributed by atoms with van der Waals surface area (Å²) in [5.41, 5.74) is -1.74. The lowest BCUT2D eigenvalue weighted by molar-refractivity contribution is -0.296. The van der Waals surface area contributed by atoms with E-state index in [0.29, 0.717) is 12.1 Å². The van der Waals surface area contributed by atoms with Crippen LogP contribution in [0.2, 0.25) is 0 Å². The van der Waals surface area contributed by atoms with Gasteiger partial charge in [-0.05, 0) is 79.1 Å². The van der Waals surface area contributed by atoms with Crippen LogP contribution in [0.1, 0.15) is 79.5 Å². The molecule has 0 aliphatic carbocycles. The summed E-state index contributed by atoms with van der Waals surface area (Å²) in [4.78, 5) is 65.7. The molecule has 1 amide bonds. The monoisotopic (exact) mass is 855 g/mol. The molecule has 3 saturated heterocycles. The Morgan fingerprint density at radius 3 is 2.42 bits per heavy atom. The molecule has 2 aromatic heterocycles. The van der Waals surface area contributed by atoms with Gasteiger partial charge in [0.2, 0.25) is 6.10 Å². The van der Waals surface area contributed by atoms with E-state index in [1.165, 1.54) is 31.5 Å². The molecule has 60 heavy (non-hydrogen) atoms. The number of thiophene rings is 1. The van der Waals surface area contributed by atoms with Gasteiger partial charge in [0.1, 0.15) is 35.8 Å². The number of ether oxygens (including phenoxy) is 5. The summed E-state index contributed by atoms with van der Waals surface area (Å²) >= 11 is 1.47. The standard InChI is InChI=1S/C43H61N5O11S/c1-11-33-43(8,53)38-24(4)34-22(2)16-42(7,37(25(5)35(49)26(6)40(52)57-33)58-41-36(50)30(48(9)10)14-23(3)56-41)55-20-28(19-54-38)47-59-31(39(51)46-34)15-29-12-13-32(60-29)27-17-44-21-45-18-27/h12-13,17-18,21-26,30-31,33,36-38,41,50,53H,11,14-16,19-20H2,1-10H3/b46-34?,47-28+/t22-,23-,24-,25+,26-,30+,31?,33-,36-,37-,38+,41+,42-,43-/m1/s1. The summed E-state index contributed by atoms with van der Waals surface area (Å²) in [6, 6.07) is 3.54. The van der Waals surface area contributed by atoms with E-state index < -0.39 is 89.3 Å². The summed E-state index contributed by atoms with van der Waals surface area (Å²) < 4.78 is 32.5. The Bertz CT molecular complexity index is 1910. The Morgan fingerprint density at radius 2 is 1.73 bits per heavy atom. The number of aliphatic hydroxyl groups is 2. The van der Waals surface area contributed by atoms with E-state index in [0.717, 1.165) is 15.3 Å². The highest BCUT2D eigenvalue weighted by Gasteiger charge is 2.53. The van der Waals surface area contributed by atoms with Crippen molar-refractivity contribution < 1.29 is 53.1 Å². The van der Waals surface area contributed by atoms with Crippen LogP contribution in [0.4, 0.5) is 0 Å². The van der Waals surface area contributed by atoms with Gasteiger partial charge in [-0.25, -0.2) is 15.0 Å². The van der Waals surface area contributed by atoms with Crippen LogP contribution in [0.25, 0.3) is 10.4 Å². The Morgan fingerprint density at radius 1 is 1.02 bits per heavy atom. The molecule has 6 heterocycles. The van der Waals surface area contributed by atoms with E-state index in [2.05, 4.69) is 15.1 Å². The molecule has 3 fully saturated rings. The number of hydrogen-bond donors (Lipinski definition) is 2. The number of aliphatic hydroxyl groups excluding tert-OH is 1. The number of amides is 1. The highest BCUT2D eigenvalue weighted by molar-refractivity contribution is 7.15. The second-order valence-corrected chi connectivity index (χ2v) is 18.7. The van der Waals surface area contributed by atoms with Gasteiger partial charge in [0, 0.05) is 57.7 Å². The average molecular weight is 856 g/mol. The van der Waals surface area contributed by atoms with E-state index in [-0.39, 0.29) is 50.3 Å². The van der Waals surface area contributed by atoms with E-state index in [1.807, 2.05) is 51.9 Å². The molecule has 2 N–H and O–H groups in total. The van der Waals surface area contributed by atoms with E-state index >= 15 is 0 Å². The molecule has 0 saturated carbocycles. The molecule has 17 heteroatoms. The predicted octanol–water partition coefficient (Wildman–Crippen LogP) is 4.05. The maximum Gasteiger partial charge on any atom is 0.316 e. The quantitative estimate of drug-likeness (QED) is 0.299. The van der Waals surface area contributed by atoms with Crippen LogP contribution in [0.5, 0.6) is 0 Å². The summed E-state index contributed by atoms with van der Waals surface area (Å²) in [7, 11) is 3.74. The van der Waals surface area contributed by atoms with Crippen LogP contribution < -0.4 is 0 Å². The first-order chi connectivity index (χ1) is 28.3. The minimum Gasteiger partial charge on any atom is -0.459 e. The van der Waals surface area contributed by atoms with Crippen molar-refractivity contribution in [3.8, 4) is 10.4 Å². The molecule has 4 aliphatic heterocycles. The van der Waals surface area contributed by atoms with Gasteiger partial charge < -0.3 is 43.6 Å². The van der Waals surface area contributed by atoms with E-state index in [1.54, 1.807) is 33.2 Å². The highest BCUT2D eigenvalue weighted by atomic mass is 32.1. The van der Waals surface area contributed by atoms with Crippen molar-refractivity contribution >= 4 is 40.4 Å². The largest absolute Gasteiger partial charge is 0.459 e. The van der Waals surface area contributed by atoms with E-state index in [9.17, 15) is 24.6 Å². The molecule has 0 radical (unpaired) electrons. The molecule has 0 aromatic carbocycles. The summed E-state index contributed by atoms with van der Waals surface area (Å²) in [5, 5.41) is 28.6. The second kappa shape index (κ2) is 18.8. The van der Waals surface area contributed by atoms with Crippen molar-refractivity contribution in [1.29, 1.82) is 0 Å². The Balaban J connectivity index is 1.48. The smallest absolute Gasteiger partial charge is 0.316 e. The number of aliphatic imine (C=N–C) groups is 1. The number of hydrogen-bond acceptors (Lipinski definition) is 16. The first kappa shape index (κ1) is 46.0. The van der Waals surface area contributed by atoms with Crippen molar-refractivity contribution in [3.63, 3.8) is 0 Å². The number of likely N-dealkylation sites (N-methyl/N-ethyl adjacent to an activating group) is 1. The minimum absolute atomic E-state index is 0.151. The molecular formula is C43H61N5O11S. The topological polar surface area (TPSA) is 201 Å². The summed E-state index contributed by atoms with van der Waals surface area (Å²) in [6.07, 6.45) is -1.07. The van der Waals surface area contributed by atoms with Crippen LogP contribution in [0.15, 0.2) is 41.0 Å². The van der Waals surface area contributed by atoms with Crippen molar-refractivity contribution in [2.75, 3.05) is 27.3 Å². The fourth-order valence-corrected chi connectivity index (χ4v) is 10.2. The number of carbonyl (C=O) groups excluding carboxylic acids is 3. The number of cyclic esters (lactones) is 1. The Hall–Kier alpha value is -3.55. The third kappa shape index (κ3) is 9.73. The number of aromatic nitrogens is 2. The van der Waals surface area contributed by atoms with Crippen molar-refractivity contribution in [2.24, 2.45) is 33.8 Å². The molecule has 2 aromatic rings. The molecule has 14 atom stereocenters. The number of nitrogens with zero attached hydrogens (tertiary/aromatic N) is 5. The van der Waals surface area contributed by atoms with Gasteiger partial charge in [0.25, 0.3) is 5.91 Å². The van der Waals surface area contributed by atoms with Crippen LogP contribution in [0, 0.1) is 23.7 Å². The molecule has 6 rings (SSSR count). The molecular weight excluding hydrogens is 795 g/mol. The highest BCUT2D eigenvalue weighted by Crippen LogP contribution is 2.40. The lowest BCUT2D eigenvalue weighted by Crippen LogP contribution is -2.60. The number of esters is 1. The second-order valence-electron chi connectivity index (χ2n) is 17.6. The van der Waals surface area contributed by atoms with Gasteiger partial charge in [-0.3, -0.25) is 14.4 Å². The Kier molecular flexibility index (Phi) is 14.4. The van der Waals surface area contributed by atoms with Gasteiger partial charge >= 0.3 is 5.97 Å². The summed E-state index contributed by atoms with van der Waals surface area (Å²) in [5.74, 6) is -5.44. The minimum atomic E-state index is -1.84. The van der Waals surface area contributed by atoms with Crippen LogP contribution in [-0.2, 0) is 49.3 Å². The van der Waals surface area contributed by atoms with Gasteiger partial charge in [0.05, 0.1) is 37.1 Å². The van der Waals surface area contributed by atoms with Crippen LogP contribution >= 0.6 is 11.3 Å². The van der Waals surface area contributed by atoms with Crippen LogP contribution in [-0.4, -0.2) is 142 Å². The number of Topliss-reactive ketones (excluding diaryl/α,β-unsaturated/α-hetero) is 1. The summed E-state index contributed by atoms with van der Waals surface area (Å²) in [6.45, 7) is 13.5. The van der Waals surface area contributed by atoms with Gasteiger partial charge in [-0.2, -0.15) is 0 Å². The van der Waals surface area contributed by atoms with E-state index in [4.69, 9.17) is 33.5 Å². The maximum atomic E-state index is 14.5. The van der Waals surface area contributed by atoms with Crippen molar-refractivity contribution in [2.45, 2.75) is 141 Å². The third-order valence-corrected chi connectivity index (χ3v) is 13.7. The zero-order valence-electron chi connectivity index (χ0n) is 36.3. The molecule has 330 valence electrons. The molecule has 0 spiro atoms. The molecule has 4 aliphatic rings. The number of oxime groups is 1. The Labute approximate surface area is 356 Å². The zero-order valence-corrected chi connectivity index (χ0v) is 37.1. The molecule has 4 bridgehead atoms. The first-order valence-corrected chi connectivity index (χ1v) is 21.7. The SMILES string of the molecule is CC[C@H]1OC(=O)[C@H](C)C(=O)[C@H](C)[C@@H](O[C@@H]2O[C@H](C)C[C@H](N(C)C)[C@H]2O)[C@@]2(C)C[C@@H](C)C3=NC(=O)C(Cc4ccc(-c5cncnc5)s4)O/N=C(\CO[C@@H]([C@@H]3C)[C@]1(C)O)CO2. The number of rotatable bonds is 7. The van der Waals surface area contributed by atoms with Gasteiger partial charge in [0.15, 0.2) is 12.1 Å². The maximum absolute atomic E-state index is 14.5. The fraction of sp³-hybridized carbons (Fsp3) is 0.698. The van der Waals surface area contributed by atoms with Crippen molar-refractivity contribution in [1.82, 2.24) is 14.9 Å². The average Bonchev–Trinajstić information content (AvgIpc) is 3.67. The molecule has 16 nitrogen and oxygen atoms in total. The number of carbonyl (C=O) groups is 3. The fourth-order valence-electron chi connectivity index (χ4n) is 9.18. The lowest BCUT2D eigenvalue weighted by Gasteiger charge is -2.47. The normalized spacial score (nSPS) is 39.5. The predicted molar refractivity (Wildman–Crippen MR) is 222 cm³/mol. The van der Waals surface area contributed by atoms with Gasteiger partial charge in [-0.1, -0.05) is 32.9 Å². The first-order valence-electron chi connectivity index (χ1n) is 20.9. The van der Waals surface area contributed by atoms with Crippen LogP contribution in [0.3, 0.4) is 0 Å². The third-order valence-electron chi connectivity index (χ3n) is 12.6. The number of ketones is 1. The van der Waals surface area contributed by atoms with Gasteiger partial charge in [-0.15, -0.1) is 11.3 Å². The zero-order chi connectivity index (χ0) is 43.7. The lowest BCUT2D eigenvalue weighted by atomic mass is 9.73. The molecule has 1 unspecified atom stereocenters.